The van der Waals surface area contributed by atoms with E-state index in [1.54, 1.807) is 13.1 Å². The van der Waals surface area contributed by atoms with Crippen molar-refractivity contribution >= 4 is 29.2 Å². The van der Waals surface area contributed by atoms with Gasteiger partial charge in [-0.15, -0.1) is 0 Å². The fraction of sp³-hybridized carbons (Fsp3) is 0.214. The minimum Gasteiger partial charge on any atom is -0.450 e. The number of carbonyl (C=O) groups excluding carboxylic acids is 1. The fourth-order valence-electron chi connectivity index (χ4n) is 1.82. The van der Waals surface area contributed by atoms with Crippen LogP contribution in [0.15, 0.2) is 30.5 Å². The SMILES string of the molecule is CCOC(=O)NC(=S)Nc1[nH]ncc1-c1cccc(C)c1. The van der Waals surface area contributed by atoms with Crippen molar-refractivity contribution in [3.63, 3.8) is 0 Å². The summed E-state index contributed by atoms with van der Waals surface area (Å²) in [5.74, 6) is 0.613. The number of amides is 1. The molecular formula is C14H16N4O2S. The zero-order chi connectivity index (χ0) is 15.2. The molecule has 7 heteroatoms. The number of aromatic nitrogens is 2. The average molecular weight is 304 g/mol. The highest BCUT2D eigenvalue weighted by atomic mass is 32.1. The molecule has 0 saturated heterocycles. The van der Waals surface area contributed by atoms with Gasteiger partial charge in [0.15, 0.2) is 5.11 Å². The Hall–Kier alpha value is -2.41. The molecule has 1 amide bonds. The topological polar surface area (TPSA) is 79.0 Å². The van der Waals surface area contributed by atoms with Crippen molar-refractivity contribution in [2.45, 2.75) is 13.8 Å². The molecule has 0 atom stereocenters. The first-order chi connectivity index (χ1) is 10.1. The van der Waals surface area contributed by atoms with Crippen LogP contribution in [0.2, 0.25) is 0 Å². The summed E-state index contributed by atoms with van der Waals surface area (Å²) in [7, 11) is 0. The first-order valence-electron chi connectivity index (χ1n) is 6.45. The summed E-state index contributed by atoms with van der Waals surface area (Å²) in [6.45, 7) is 4.03. The third kappa shape index (κ3) is 4.03. The lowest BCUT2D eigenvalue weighted by atomic mass is 10.1. The summed E-state index contributed by atoms with van der Waals surface area (Å²) in [6.07, 6.45) is 1.11. The Bertz CT molecular complexity index is 654. The summed E-state index contributed by atoms with van der Waals surface area (Å²) in [6, 6.07) is 8.00. The van der Waals surface area contributed by atoms with Crippen molar-refractivity contribution < 1.29 is 9.53 Å². The molecule has 0 aliphatic rings. The number of benzene rings is 1. The Morgan fingerprint density at radius 2 is 2.29 bits per heavy atom. The van der Waals surface area contributed by atoms with E-state index in [1.807, 2.05) is 31.2 Å². The Balaban J connectivity index is 2.10. The van der Waals surface area contributed by atoms with Crippen LogP contribution in [-0.2, 0) is 4.74 Å². The van der Waals surface area contributed by atoms with E-state index in [1.165, 1.54) is 0 Å². The standard InChI is InChI=1S/C14H16N4O2S/c1-3-20-14(19)17-13(21)16-12-11(8-15-18-12)10-6-4-5-9(2)7-10/h4-8H,3H2,1-2H3,(H3,15,16,17,18,19,21). The van der Waals surface area contributed by atoms with Gasteiger partial charge in [-0.05, 0) is 31.6 Å². The molecule has 1 aromatic heterocycles. The van der Waals surface area contributed by atoms with Gasteiger partial charge in [0.2, 0.25) is 0 Å². The number of thiocarbonyl (C=S) groups is 1. The lowest BCUT2D eigenvalue weighted by Crippen LogP contribution is -2.34. The van der Waals surface area contributed by atoms with Gasteiger partial charge in [-0.25, -0.2) is 4.79 Å². The minimum absolute atomic E-state index is 0.145. The van der Waals surface area contributed by atoms with E-state index < -0.39 is 6.09 Å². The van der Waals surface area contributed by atoms with Crippen molar-refractivity contribution in [2.24, 2.45) is 0 Å². The smallest absolute Gasteiger partial charge is 0.413 e. The molecule has 0 aliphatic heterocycles. The number of anilines is 1. The Morgan fingerprint density at radius 3 is 3.00 bits per heavy atom. The molecule has 0 radical (unpaired) electrons. The average Bonchev–Trinajstić information content (AvgIpc) is 2.86. The lowest BCUT2D eigenvalue weighted by molar-refractivity contribution is 0.158. The number of aryl methyl sites for hydroxylation is 1. The molecule has 0 unspecified atom stereocenters. The van der Waals surface area contributed by atoms with Crippen molar-refractivity contribution in [1.29, 1.82) is 0 Å². The molecule has 0 saturated carbocycles. The van der Waals surface area contributed by atoms with E-state index in [0.717, 1.165) is 16.7 Å². The van der Waals surface area contributed by atoms with E-state index in [-0.39, 0.29) is 11.7 Å². The maximum absolute atomic E-state index is 11.3. The van der Waals surface area contributed by atoms with Crippen LogP contribution in [0.1, 0.15) is 12.5 Å². The number of hydrogen-bond donors (Lipinski definition) is 3. The van der Waals surface area contributed by atoms with E-state index in [0.29, 0.717) is 5.82 Å². The maximum Gasteiger partial charge on any atom is 0.413 e. The largest absolute Gasteiger partial charge is 0.450 e. The van der Waals surface area contributed by atoms with E-state index in [2.05, 4.69) is 20.8 Å². The van der Waals surface area contributed by atoms with Gasteiger partial charge in [0.25, 0.3) is 0 Å². The highest BCUT2D eigenvalue weighted by Gasteiger charge is 2.11. The molecule has 110 valence electrons. The number of rotatable bonds is 3. The van der Waals surface area contributed by atoms with Crippen LogP contribution in [-0.4, -0.2) is 28.0 Å². The van der Waals surface area contributed by atoms with Gasteiger partial charge in [-0.2, -0.15) is 5.10 Å². The molecule has 6 nitrogen and oxygen atoms in total. The van der Waals surface area contributed by atoms with Gasteiger partial charge in [-0.3, -0.25) is 10.4 Å². The second-order valence-electron chi connectivity index (χ2n) is 4.33. The van der Waals surface area contributed by atoms with Gasteiger partial charge in [0.05, 0.1) is 12.8 Å². The van der Waals surface area contributed by atoms with Gasteiger partial charge >= 0.3 is 6.09 Å². The molecule has 1 heterocycles. The zero-order valence-electron chi connectivity index (χ0n) is 11.8. The number of H-pyrrole nitrogens is 1. The maximum atomic E-state index is 11.3. The van der Waals surface area contributed by atoms with Gasteiger partial charge < -0.3 is 10.1 Å². The van der Waals surface area contributed by atoms with Crippen LogP contribution < -0.4 is 10.6 Å². The van der Waals surface area contributed by atoms with Crippen LogP contribution in [0.25, 0.3) is 11.1 Å². The summed E-state index contributed by atoms with van der Waals surface area (Å²) in [5, 5.41) is 12.3. The number of carbonyl (C=O) groups is 1. The number of ether oxygens (including phenoxy) is 1. The van der Waals surface area contributed by atoms with Gasteiger partial charge in [0, 0.05) is 5.56 Å². The quantitative estimate of drug-likeness (QED) is 0.760. The molecule has 0 fully saturated rings. The van der Waals surface area contributed by atoms with Crippen LogP contribution in [0, 0.1) is 6.92 Å². The summed E-state index contributed by atoms with van der Waals surface area (Å²) >= 11 is 5.06. The lowest BCUT2D eigenvalue weighted by Gasteiger charge is -2.09. The van der Waals surface area contributed by atoms with E-state index in [4.69, 9.17) is 17.0 Å². The van der Waals surface area contributed by atoms with Crippen molar-refractivity contribution in [3.8, 4) is 11.1 Å². The number of hydrogen-bond acceptors (Lipinski definition) is 4. The fourth-order valence-corrected chi connectivity index (χ4v) is 2.00. The molecule has 21 heavy (non-hydrogen) atoms. The van der Waals surface area contributed by atoms with Gasteiger partial charge in [-0.1, -0.05) is 29.8 Å². The summed E-state index contributed by atoms with van der Waals surface area (Å²) < 4.78 is 4.76. The molecule has 2 aromatic rings. The number of aromatic amines is 1. The summed E-state index contributed by atoms with van der Waals surface area (Å²) in [4.78, 5) is 11.3. The molecule has 0 spiro atoms. The van der Waals surface area contributed by atoms with Crippen LogP contribution >= 0.6 is 12.2 Å². The third-order valence-electron chi connectivity index (χ3n) is 2.70. The molecule has 0 aliphatic carbocycles. The van der Waals surface area contributed by atoms with Crippen LogP contribution in [0.4, 0.5) is 10.6 Å². The Morgan fingerprint density at radius 1 is 1.48 bits per heavy atom. The van der Waals surface area contributed by atoms with Gasteiger partial charge in [0.1, 0.15) is 5.82 Å². The Labute approximate surface area is 127 Å². The van der Waals surface area contributed by atoms with Crippen LogP contribution in [0.3, 0.4) is 0 Å². The molecule has 0 bridgehead atoms. The molecule has 2 rings (SSSR count). The predicted molar refractivity (Wildman–Crippen MR) is 85.1 cm³/mol. The van der Waals surface area contributed by atoms with E-state index >= 15 is 0 Å². The van der Waals surface area contributed by atoms with Crippen molar-refractivity contribution in [1.82, 2.24) is 15.5 Å². The van der Waals surface area contributed by atoms with Crippen molar-refractivity contribution in [2.75, 3.05) is 11.9 Å². The predicted octanol–water partition coefficient (Wildman–Crippen LogP) is 2.83. The number of nitrogens with zero attached hydrogens (tertiary/aromatic N) is 1. The minimum atomic E-state index is -0.591. The highest BCUT2D eigenvalue weighted by Crippen LogP contribution is 2.26. The normalized spacial score (nSPS) is 10.0. The Kier molecular flexibility index (Phi) is 4.89. The van der Waals surface area contributed by atoms with Crippen LogP contribution in [0.5, 0.6) is 0 Å². The summed E-state index contributed by atoms with van der Waals surface area (Å²) in [5.41, 5.74) is 3.02. The molecular weight excluding hydrogens is 288 g/mol. The first-order valence-corrected chi connectivity index (χ1v) is 6.86. The number of alkyl carbamates (subject to hydrolysis) is 1. The molecule has 3 N–H and O–H groups in total. The highest BCUT2D eigenvalue weighted by molar-refractivity contribution is 7.80. The molecule has 1 aromatic carbocycles. The van der Waals surface area contributed by atoms with Crippen molar-refractivity contribution in [3.05, 3.63) is 36.0 Å². The monoisotopic (exact) mass is 304 g/mol. The third-order valence-corrected chi connectivity index (χ3v) is 2.90. The zero-order valence-corrected chi connectivity index (χ0v) is 12.6. The number of nitrogens with one attached hydrogen (secondary N) is 3. The first kappa shape index (κ1) is 15.0. The van der Waals surface area contributed by atoms with E-state index in [9.17, 15) is 4.79 Å². The second-order valence-corrected chi connectivity index (χ2v) is 4.74. The second kappa shape index (κ2) is 6.85.